The van der Waals surface area contributed by atoms with Crippen LogP contribution in [-0.2, 0) is 3.07 Å². The second kappa shape index (κ2) is 12.2. The molecule has 2 N–H and O–H groups in total. The van der Waals surface area contributed by atoms with E-state index in [1.807, 2.05) is 25.3 Å². The summed E-state index contributed by atoms with van der Waals surface area (Å²) in [4.78, 5) is 0. The largest absolute Gasteiger partial charge is 1.00 e. The summed E-state index contributed by atoms with van der Waals surface area (Å²) in [6.07, 6.45) is 2.05. The van der Waals surface area contributed by atoms with Crippen LogP contribution in [0.3, 0.4) is 0 Å². The van der Waals surface area contributed by atoms with E-state index in [0.29, 0.717) is 0 Å². The van der Waals surface area contributed by atoms with E-state index in [-0.39, 0.29) is 48.7 Å². The molecule has 2 nitrogen and oxygen atoms in total. The van der Waals surface area contributed by atoms with Crippen LogP contribution in [0.15, 0.2) is 24.3 Å². The van der Waals surface area contributed by atoms with E-state index in [0.717, 1.165) is 22.9 Å². The Hall–Kier alpha value is 1.16. The van der Waals surface area contributed by atoms with Gasteiger partial charge in [-0.25, -0.2) is 0 Å². The van der Waals surface area contributed by atoms with Gasteiger partial charge in [-0.1, -0.05) is 0 Å². The monoisotopic (exact) mass is 421 g/mol. The maximum atomic E-state index is 5.90. The average Bonchev–Trinajstić information content (AvgIpc) is 2.20. The molecule has 0 spiro atoms. The van der Waals surface area contributed by atoms with Crippen molar-refractivity contribution in [2.24, 2.45) is 5.73 Å². The molecular formula is C10H14Cl3NOSSn. The zero-order valence-corrected chi connectivity index (χ0v) is 15.4. The fourth-order valence-corrected chi connectivity index (χ4v) is 3.13. The first kappa shape index (κ1) is 23.3. The molecule has 96 valence electrons. The van der Waals surface area contributed by atoms with Crippen LogP contribution in [0.5, 0.6) is 0 Å². The third kappa shape index (κ3) is 6.76. The van der Waals surface area contributed by atoms with Crippen LogP contribution in [0.2, 0.25) is 0 Å². The number of nitrogens with two attached hydrogens (primary N) is 1. The summed E-state index contributed by atoms with van der Waals surface area (Å²) in [6, 6.07) is 8.26. The molecule has 17 heavy (non-hydrogen) atoms. The van der Waals surface area contributed by atoms with Crippen LogP contribution in [-0.4, -0.2) is 29.2 Å². The van der Waals surface area contributed by atoms with Gasteiger partial charge in [-0.15, -0.1) is 0 Å². The summed E-state index contributed by atoms with van der Waals surface area (Å²) in [6.45, 7) is 2.00. The third-order valence-corrected chi connectivity index (χ3v) is 4.00. The van der Waals surface area contributed by atoms with E-state index in [4.69, 9.17) is 8.81 Å². The number of benzene rings is 1. The van der Waals surface area contributed by atoms with E-state index in [2.05, 4.69) is 12.1 Å². The molecule has 0 aliphatic heterocycles. The first-order chi connectivity index (χ1) is 6.70. The molecule has 0 bridgehead atoms. The first-order valence-corrected chi connectivity index (χ1v) is 6.85. The van der Waals surface area contributed by atoms with Gasteiger partial charge in [0.1, 0.15) is 0 Å². The van der Waals surface area contributed by atoms with E-state index >= 15 is 0 Å². The molecule has 0 fully saturated rings. The predicted molar refractivity (Wildman–Crippen MR) is 62.1 cm³/mol. The van der Waals surface area contributed by atoms with Gasteiger partial charge in [-0.2, -0.15) is 0 Å². The molecule has 0 heterocycles. The van der Waals surface area contributed by atoms with E-state index in [1.165, 1.54) is 11.1 Å². The average molecular weight is 421 g/mol. The smallest absolute Gasteiger partial charge is 1.00 e. The van der Waals surface area contributed by atoms with Gasteiger partial charge in [0.05, 0.1) is 0 Å². The Balaban J connectivity index is -0.000000653. The minimum atomic E-state index is 0. The number of hydrogen-bond donors (Lipinski definition) is 1. The summed E-state index contributed by atoms with van der Waals surface area (Å²) < 4.78 is 5.47. The van der Waals surface area contributed by atoms with Gasteiger partial charge in [0, 0.05) is 0 Å². The van der Waals surface area contributed by atoms with Crippen molar-refractivity contribution in [2.75, 3.05) is 6.26 Å². The van der Waals surface area contributed by atoms with Crippen LogP contribution >= 0.6 is 11.8 Å². The Morgan fingerprint density at radius 2 is 1.65 bits per heavy atom. The molecule has 1 aromatic rings. The summed E-state index contributed by atoms with van der Waals surface area (Å²) in [7, 11) is 0. The predicted octanol–water partition coefficient (Wildman–Crippen LogP) is -6.82. The Kier molecular flexibility index (Phi) is 16.7. The van der Waals surface area contributed by atoms with Gasteiger partial charge < -0.3 is 37.2 Å². The third-order valence-electron chi connectivity index (χ3n) is 2.06. The Morgan fingerprint density at radius 3 is 2.00 bits per heavy atom. The van der Waals surface area contributed by atoms with Gasteiger partial charge in [-0.05, 0) is 0 Å². The zero-order chi connectivity index (χ0) is 10.6. The second-order valence-corrected chi connectivity index (χ2v) is 4.68. The molecule has 0 radical (unpaired) electrons. The molecule has 2 atom stereocenters. The summed E-state index contributed by atoms with van der Waals surface area (Å²) >= 11 is 2.79. The number of halogens is 3. The number of hydrogen-bond acceptors (Lipinski definition) is 3. The first-order valence-electron chi connectivity index (χ1n) is 4.40. The Labute approximate surface area is 140 Å². The van der Waals surface area contributed by atoms with Crippen molar-refractivity contribution in [1.29, 1.82) is 0 Å². The summed E-state index contributed by atoms with van der Waals surface area (Å²) in [5, 5.41) is 0. The van der Waals surface area contributed by atoms with Crippen molar-refractivity contribution in [1.82, 2.24) is 0 Å². The van der Waals surface area contributed by atoms with Gasteiger partial charge >= 0.3 is 104 Å². The maximum Gasteiger partial charge on any atom is -1.00 e. The standard InChI is InChI=1S/C10H14NOS.3ClH.Sn/c1-7(11)8-5-3-4-6-9(8)10(12)13-2;;;;/h3-7,10H,11H2,1-2H3;3*1H;/q-1;;;;+4/p-3. The Morgan fingerprint density at radius 1 is 1.18 bits per heavy atom. The van der Waals surface area contributed by atoms with Crippen molar-refractivity contribution in [3.8, 4) is 0 Å². The van der Waals surface area contributed by atoms with Crippen molar-refractivity contribution < 1.29 is 40.3 Å². The van der Waals surface area contributed by atoms with Gasteiger partial charge in [0.25, 0.3) is 0 Å². The van der Waals surface area contributed by atoms with E-state index in [1.54, 1.807) is 11.8 Å². The van der Waals surface area contributed by atoms with Crippen LogP contribution in [0.25, 0.3) is 0 Å². The van der Waals surface area contributed by atoms with Crippen LogP contribution in [0, 0.1) is 0 Å². The molecule has 0 aromatic heterocycles. The molecule has 1 rings (SSSR count). The van der Waals surface area contributed by atoms with Crippen molar-refractivity contribution in [3.05, 3.63) is 35.4 Å². The molecule has 1 aromatic carbocycles. The minimum absolute atomic E-state index is 0. The molecule has 7 heteroatoms. The van der Waals surface area contributed by atoms with Crippen molar-refractivity contribution >= 4 is 34.7 Å². The Bertz CT molecular complexity index is 301. The van der Waals surface area contributed by atoms with Gasteiger partial charge in [-0.3, -0.25) is 0 Å². The summed E-state index contributed by atoms with van der Waals surface area (Å²) in [5.74, 6) is 0. The molecule has 0 saturated heterocycles. The number of rotatable bonds is 4. The SMILES string of the molecule is CSC([O][Sn+3])c1ccccc1C(C)N.[Cl-].[Cl-].[Cl-]. The normalized spacial score (nSPS) is 12.5. The molecule has 0 saturated carbocycles. The van der Waals surface area contributed by atoms with Crippen LogP contribution in [0.4, 0.5) is 0 Å². The fourth-order valence-electron chi connectivity index (χ4n) is 1.38. The quantitative estimate of drug-likeness (QED) is 0.388. The molecule has 0 amide bonds. The second-order valence-electron chi connectivity index (χ2n) is 3.10. The minimum Gasteiger partial charge on any atom is -1.00 e. The number of thioether (sulfide) groups is 1. The van der Waals surface area contributed by atoms with Gasteiger partial charge in [0.2, 0.25) is 0 Å². The van der Waals surface area contributed by atoms with E-state index in [9.17, 15) is 0 Å². The molecule has 2 unspecified atom stereocenters. The van der Waals surface area contributed by atoms with Crippen LogP contribution < -0.4 is 43.0 Å². The summed E-state index contributed by atoms with van der Waals surface area (Å²) in [5.41, 5.74) is 8.40. The topological polar surface area (TPSA) is 35.2 Å². The molecule has 0 aliphatic carbocycles. The van der Waals surface area contributed by atoms with Crippen molar-refractivity contribution in [3.63, 3.8) is 0 Å². The van der Waals surface area contributed by atoms with Gasteiger partial charge in [0.15, 0.2) is 0 Å². The zero-order valence-electron chi connectivity index (χ0n) is 9.49. The molecule has 0 aliphatic rings. The van der Waals surface area contributed by atoms with Crippen molar-refractivity contribution in [2.45, 2.75) is 18.4 Å². The fraction of sp³-hybridized carbons (Fsp3) is 0.400. The van der Waals surface area contributed by atoms with Crippen LogP contribution in [0.1, 0.15) is 29.5 Å². The maximum absolute atomic E-state index is 5.90. The van der Waals surface area contributed by atoms with E-state index < -0.39 is 0 Å². The molecular weight excluding hydrogens is 407 g/mol.